The van der Waals surface area contributed by atoms with Gasteiger partial charge in [0, 0.05) is 12.6 Å². The minimum Gasteiger partial charge on any atom is -0.309 e. The minimum absolute atomic E-state index is 0.424. The molecule has 1 N–H and O–H groups in total. The van der Waals surface area contributed by atoms with Crippen molar-refractivity contribution < 1.29 is 0 Å². The summed E-state index contributed by atoms with van der Waals surface area (Å²) >= 11 is 0. The first-order valence-corrected chi connectivity index (χ1v) is 7.67. The number of unbranched alkanes of at least 4 members (excludes halogenated alkanes) is 1. The third-order valence-electron chi connectivity index (χ3n) is 3.42. The van der Waals surface area contributed by atoms with Gasteiger partial charge in [0.1, 0.15) is 0 Å². The maximum atomic E-state index is 4.66. The van der Waals surface area contributed by atoms with Gasteiger partial charge in [0.2, 0.25) is 0 Å². The van der Waals surface area contributed by atoms with Gasteiger partial charge >= 0.3 is 0 Å². The van der Waals surface area contributed by atoms with Crippen LogP contribution in [0.1, 0.15) is 63.9 Å². The quantitative estimate of drug-likeness (QED) is 0.513. The van der Waals surface area contributed by atoms with Gasteiger partial charge in [-0.05, 0) is 51.6 Å². The van der Waals surface area contributed by atoms with E-state index in [-0.39, 0.29) is 0 Å². The molecule has 1 aromatic rings. The third kappa shape index (κ3) is 4.83. The maximum absolute atomic E-state index is 4.66. The highest BCUT2D eigenvalue weighted by Crippen LogP contribution is 2.21. The van der Waals surface area contributed by atoms with Crippen LogP contribution in [0.3, 0.4) is 0 Å². The summed E-state index contributed by atoms with van der Waals surface area (Å²) in [6.07, 6.45) is 7.60. The predicted molar refractivity (Wildman–Crippen MR) is 82.4 cm³/mol. The molecule has 0 spiro atoms. The van der Waals surface area contributed by atoms with Crippen molar-refractivity contribution in [2.75, 3.05) is 6.54 Å². The largest absolute Gasteiger partial charge is 0.309 e. The van der Waals surface area contributed by atoms with E-state index in [9.17, 15) is 0 Å². The fraction of sp³-hybridized carbons (Fsp3) is 0.688. The van der Waals surface area contributed by atoms with E-state index >= 15 is 0 Å². The lowest BCUT2D eigenvalue weighted by atomic mass is 10.1. The monoisotopic (exact) mass is 263 g/mol. The summed E-state index contributed by atoms with van der Waals surface area (Å²) in [5, 5.41) is 8.32. The fourth-order valence-corrected chi connectivity index (χ4v) is 2.33. The lowest BCUT2D eigenvalue weighted by Gasteiger charge is -2.19. The highest BCUT2D eigenvalue weighted by Gasteiger charge is 2.16. The molecule has 0 aliphatic rings. The van der Waals surface area contributed by atoms with Crippen molar-refractivity contribution >= 4 is 0 Å². The molecule has 108 valence electrons. The zero-order valence-electron chi connectivity index (χ0n) is 12.8. The molecule has 1 unspecified atom stereocenters. The SMILES string of the molecule is C=CCCCC(NCCC)c1cc(CC)nn1CC. The first-order valence-electron chi connectivity index (χ1n) is 7.67. The van der Waals surface area contributed by atoms with E-state index < -0.39 is 0 Å². The Bertz CT molecular complexity index is 368. The van der Waals surface area contributed by atoms with Crippen molar-refractivity contribution in [3.8, 4) is 0 Å². The van der Waals surface area contributed by atoms with Crippen molar-refractivity contribution in [1.29, 1.82) is 0 Å². The molecule has 0 saturated carbocycles. The first-order chi connectivity index (χ1) is 9.26. The predicted octanol–water partition coefficient (Wildman–Crippen LogP) is 3.86. The van der Waals surface area contributed by atoms with Crippen molar-refractivity contribution in [1.82, 2.24) is 15.1 Å². The van der Waals surface area contributed by atoms with Gasteiger partial charge in [-0.1, -0.05) is 19.9 Å². The second-order valence-electron chi connectivity index (χ2n) is 4.96. The summed E-state index contributed by atoms with van der Waals surface area (Å²) in [5.74, 6) is 0. The van der Waals surface area contributed by atoms with Crippen LogP contribution in [0.15, 0.2) is 18.7 Å². The zero-order valence-corrected chi connectivity index (χ0v) is 12.8. The maximum Gasteiger partial charge on any atom is 0.0625 e. The number of aromatic nitrogens is 2. The van der Waals surface area contributed by atoms with Gasteiger partial charge < -0.3 is 5.32 Å². The number of allylic oxidation sites excluding steroid dienone is 1. The van der Waals surface area contributed by atoms with Crippen LogP contribution in [-0.4, -0.2) is 16.3 Å². The Hall–Kier alpha value is -1.09. The third-order valence-corrected chi connectivity index (χ3v) is 3.42. The molecule has 0 aromatic carbocycles. The highest BCUT2D eigenvalue weighted by molar-refractivity contribution is 5.14. The van der Waals surface area contributed by atoms with Crippen LogP contribution >= 0.6 is 0 Å². The highest BCUT2D eigenvalue weighted by atomic mass is 15.3. The molecule has 1 atom stereocenters. The molecular formula is C16H29N3. The zero-order chi connectivity index (χ0) is 14.1. The summed E-state index contributed by atoms with van der Waals surface area (Å²) < 4.78 is 2.15. The molecule has 0 aliphatic heterocycles. The number of nitrogens with one attached hydrogen (secondary N) is 1. The van der Waals surface area contributed by atoms with E-state index in [0.29, 0.717) is 6.04 Å². The van der Waals surface area contributed by atoms with Crippen molar-refractivity contribution in [3.05, 3.63) is 30.1 Å². The summed E-state index contributed by atoms with van der Waals surface area (Å²) in [5.41, 5.74) is 2.54. The van der Waals surface area contributed by atoms with Gasteiger partial charge in [-0.25, -0.2) is 0 Å². The molecule has 1 heterocycles. The van der Waals surface area contributed by atoms with Crippen LogP contribution in [0, 0.1) is 0 Å². The van der Waals surface area contributed by atoms with Crippen molar-refractivity contribution in [2.45, 2.75) is 65.5 Å². The molecular weight excluding hydrogens is 234 g/mol. The van der Waals surface area contributed by atoms with E-state index in [1.165, 1.54) is 24.2 Å². The van der Waals surface area contributed by atoms with Crippen LogP contribution in [0.25, 0.3) is 0 Å². The molecule has 0 amide bonds. The van der Waals surface area contributed by atoms with E-state index in [4.69, 9.17) is 0 Å². The Balaban J connectivity index is 2.81. The number of hydrogen-bond donors (Lipinski definition) is 1. The molecule has 0 aliphatic carbocycles. The molecule has 0 saturated heterocycles. The number of aryl methyl sites for hydroxylation is 2. The van der Waals surface area contributed by atoms with Crippen LogP contribution < -0.4 is 5.32 Å². The number of nitrogens with zero attached hydrogens (tertiary/aromatic N) is 2. The second kappa shape index (κ2) is 8.92. The second-order valence-corrected chi connectivity index (χ2v) is 4.96. The van der Waals surface area contributed by atoms with Crippen molar-refractivity contribution in [2.24, 2.45) is 0 Å². The Labute approximate surface area is 118 Å². The lowest BCUT2D eigenvalue weighted by molar-refractivity contribution is 0.447. The van der Waals surface area contributed by atoms with E-state index in [2.05, 4.69) is 48.5 Å². The van der Waals surface area contributed by atoms with E-state index in [1.807, 2.05) is 6.08 Å². The Morgan fingerprint density at radius 3 is 2.79 bits per heavy atom. The van der Waals surface area contributed by atoms with Crippen LogP contribution in [0.4, 0.5) is 0 Å². The molecule has 0 bridgehead atoms. The average Bonchev–Trinajstić information content (AvgIpc) is 2.86. The Morgan fingerprint density at radius 2 is 2.21 bits per heavy atom. The summed E-state index contributed by atoms with van der Waals surface area (Å²) in [6.45, 7) is 12.4. The topological polar surface area (TPSA) is 29.9 Å². The molecule has 0 fully saturated rings. The normalized spacial score (nSPS) is 12.6. The number of rotatable bonds is 10. The van der Waals surface area contributed by atoms with Gasteiger partial charge in [-0.3, -0.25) is 4.68 Å². The standard InChI is InChI=1S/C16H29N3/c1-5-9-10-11-15(17-12-6-2)16-13-14(7-3)18-19(16)8-4/h5,13,15,17H,1,6-12H2,2-4H3. The molecule has 3 nitrogen and oxygen atoms in total. The summed E-state index contributed by atoms with van der Waals surface area (Å²) in [6, 6.07) is 2.69. The lowest BCUT2D eigenvalue weighted by Crippen LogP contribution is -2.24. The molecule has 1 rings (SSSR count). The molecule has 0 radical (unpaired) electrons. The first kappa shape index (κ1) is 16.0. The van der Waals surface area contributed by atoms with Gasteiger partial charge in [-0.15, -0.1) is 6.58 Å². The smallest absolute Gasteiger partial charge is 0.0625 e. The summed E-state index contributed by atoms with van der Waals surface area (Å²) in [7, 11) is 0. The number of hydrogen-bond acceptors (Lipinski definition) is 2. The summed E-state index contributed by atoms with van der Waals surface area (Å²) in [4.78, 5) is 0. The Morgan fingerprint density at radius 1 is 1.42 bits per heavy atom. The molecule has 1 aromatic heterocycles. The van der Waals surface area contributed by atoms with Crippen LogP contribution in [0.5, 0.6) is 0 Å². The molecule has 3 heteroatoms. The fourth-order valence-electron chi connectivity index (χ4n) is 2.33. The van der Waals surface area contributed by atoms with Crippen LogP contribution in [-0.2, 0) is 13.0 Å². The van der Waals surface area contributed by atoms with Gasteiger partial charge in [0.15, 0.2) is 0 Å². The van der Waals surface area contributed by atoms with Crippen molar-refractivity contribution in [3.63, 3.8) is 0 Å². The Kier molecular flexibility index (Phi) is 7.49. The van der Waals surface area contributed by atoms with E-state index in [0.717, 1.165) is 32.4 Å². The van der Waals surface area contributed by atoms with Gasteiger partial charge in [-0.2, -0.15) is 5.10 Å². The van der Waals surface area contributed by atoms with Gasteiger partial charge in [0.25, 0.3) is 0 Å². The minimum atomic E-state index is 0.424. The van der Waals surface area contributed by atoms with E-state index in [1.54, 1.807) is 0 Å². The molecule has 19 heavy (non-hydrogen) atoms. The average molecular weight is 263 g/mol. The van der Waals surface area contributed by atoms with Gasteiger partial charge in [0.05, 0.1) is 11.4 Å². The van der Waals surface area contributed by atoms with Crippen LogP contribution in [0.2, 0.25) is 0 Å².